The van der Waals surface area contributed by atoms with Crippen LogP contribution in [0.2, 0.25) is 5.15 Å². The molecule has 3 aromatic rings. The lowest BCUT2D eigenvalue weighted by atomic mass is 10.2. The van der Waals surface area contributed by atoms with Gasteiger partial charge in [0.1, 0.15) is 5.15 Å². The van der Waals surface area contributed by atoms with Crippen LogP contribution in [0.1, 0.15) is 17.7 Å². The first-order valence-corrected chi connectivity index (χ1v) is 7.17. The van der Waals surface area contributed by atoms with E-state index >= 15 is 0 Å². The Kier molecular flexibility index (Phi) is 3.98. The average molecular weight is 322 g/mol. The summed E-state index contributed by atoms with van der Waals surface area (Å²) in [4.78, 5) is 4.17. The van der Waals surface area contributed by atoms with Crippen LogP contribution in [0.5, 0.6) is 0 Å². The van der Waals surface area contributed by atoms with Crippen molar-refractivity contribution in [1.29, 1.82) is 0 Å². The Morgan fingerprint density at radius 2 is 2.00 bits per heavy atom. The van der Waals surface area contributed by atoms with E-state index in [2.05, 4.69) is 10.3 Å². The maximum atomic E-state index is 13.2. The molecule has 0 aliphatic rings. The first-order chi connectivity index (χ1) is 10.6. The molecule has 0 amide bonds. The first-order valence-electron chi connectivity index (χ1n) is 6.80. The monoisotopic (exact) mass is 321 g/mol. The minimum absolute atomic E-state index is 0.276. The summed E-state index contributed by atoms with van der Waals surface area (Å²) in [5.74, 6) is 0. The fourth-order valence-corrected chi connectivity index (χ4v) is 2.65. The first kappa shape index (κ1) is 14.8. The number of alkyl halides is 2. The number of nitrogens with zero attached hydrogens (tertiary/aromatic N) is 2. The van der Waals surface area contributed by atoms with E-state index in [4.69, 9.17) is 11.6 Å². The number of rotatable bonds is 4. The Balaban J connectivity index is 2.04. The predicted octanol–water partition coefficient (Wildman–Crippen LogP) is 5.01. The molecule has 0 saturated carbocycles. The van der Waals surface area contributed by atoms with Crippen LogP contribution in [0.4, 0.5) is 14.5 Å². The van der Waals surface area contributed by atoms with E-state index in [1.165, 1.54) is 6.20 Å². The lowest BCUT2D eigenvalue weighted by Crippen LogP contribution is -2.04. The summed E-state index contributed by atoms with van der Waals surface area (Å²) in [5, 5.41) is 3.45. The highest BCUT2D eigenvalue weighted by Crippen LogP contribution is 2.32. The molecule has 0 saturated heterocycles. The number of pyridine rings is 1. The zero-order valence-electron chi connectivity index (χ0n) is 11.9. The van der Waals surface area contributed by atoms with E-state index in [-0.39, 0.29) is 5.15 Å². The minimum atomic E-state index is -2.63. The van der Waals surface area contributed by atoms with E-state index in [9.17, 15) is 8.78 Å². The van der Waals surface area contributed by atoms with Gasteiger partial charge in [-0.25, -0.2) is 4.98 Å². The molecule has 0 bridgehead atoms. The quantitative estimate of drug-likeness (QED) is 0.685. The lowest BCUT2D eigenvalue weighted by molar-refractivity contribution is 0.0752. The molecule has 2 aromatic heterocycles. The van der Waals surface area contributed by atoms with E-state index in [0.717, 1.165) is 10.1 Å². The molecule has 0 radical (unpaired) electrons. The van der Waals surface area contributed by atoms with Gasteiger partial charge < -0.3 is 5.32 Å². The zero-order valence-corrected chi connectivity index (χ0v) is 12.6. The molecule has 0 fully saturated rings. The van der Waals surface area contributed by atoms with Crippen molar-refractivity contribution < 1.29 is 8.78 Å². The van der Waals surface area contributed by atoms with Gasteiger partial charge in [0.15, 0.2) is 0 Å². The SMILES string of the molecule is Cc1cn(C(F)F)c2c(NCc3ccccc3)cc(Cl)nc12. The van der Waals surface area contributed by atoms with E-state index in [1.807, 2.05) is 30.3 Å². The van der Waals surface area contributed by atoms with Crippen molar-refractivity contribution in [2.45, 2.75) is 20.0 Å². The maximum absolute atomic E-state index is 13.2. The summed E-state index contributed by atoms with van der Waals surface area (Å²) in [6.07, 6.45) is 1.40. The molecule has 22 heavy (non-hydrogen) atoms. The number of aromatic nitrogens is 2. The molecular formula is C16H14ClF2N3. The molecule has 0 unspecified atom stereocenters. The Labute approximate surface area is 131 Å². The number of aryl methyl sites for hydroxylation is 1. The second kappa shape index (κ2) is 5.93. The van der Waals surface area contributed by atoms with Crippen LogP contribution in [0.15, 0.2) is 42.6 Å². The molecule has 3 rings (SSSR count). The van der Waals surface area contributed by atoms with Crippen LogP contribution in [-0.4, -0.2) is 9.55 Å². The lowest BCUT2D eigenvalue weighted by Gasteiger charge is -2.11. The number of fused-ring (bicyclic) bond motifs is 1. The second-order valence-electron chi connectivity index (χ2n) is 5.03. The molecule has 1 N–H and O–H groups in total. The molecule has 2 heterocycles. The third kappa shape index (κ3) is 2.76. The van der Waals surface area contributed by atoms with Crippen molar-refractivity contribution in [3.63, 3.8) is 0 Å². The smallest absolute Gasteiger partial charge is 0.319 e. The average Bonchev–Trinajstić information content (AvgIpc) is 2.83. The highest BCUT2D eigenvalue weighted by Gasteiger charge is 2.17. The topological polar surface area (TPSA) is 29.9 Å². The molecule has 1 aromatic carbocycles. The summed E-state index contributed by atoms with van der Waals surface area (Å²) in [7, 11) is 0. The zero-order chi connectivity index (χ0) is 15.7. The Bertz CT molecular complexity index is 800. The second-order valence-corrected chi connectivity index (χ2v) is 5.41. The number of hydrogen-bond donors (Lipinski definition) is 1. The van der Waals surface area contributed by atoms with Gasteiger partial charge in [-0.2, -0.15) is 8.78 Å². The minimum Gasteiger partial charge on any atom is -0.379 e. The molecule has 3 nitrogen and oxygen atoms in total. The van der Waals surface area contributed by atoms with Crippen molar-refractivity contribution in [1.82, 2.24) is 9.55 Å². The van der Waals surface area contributed by atoms with E-state index in [0.29, 0.717) is 28.8 Å². The van der Waals surface area contributed by atoms with Crippen LogP contribution < -0.4 is 5.32 Å². The third-order valence-corrected chi connectivity index (χ3v) is 3.66. The fraction of sp³-hybridized carbons (Fsp3) is 0.188. The van der Waals surface area contributed by atoms with Gasteiger partial charge in [-0.3, -0.25) is 4.57 Å². The maximum Gasteiger partial charge on any atom is 0.319 e. The van der Waals surface area contributed by atoms with Gasteiger partial charge in [0, 0.05) is 18.8 Å². The van der Waals surface area contributed by atoms with Gasteiger partial charge in [0.2, 0.25) is 0 Å². The fourth-order valence-electron chi connectivity index (χ4n) is 2.46. The van der Waals surface area contributed by atoms with Crippen molar-refractivity contribution in [2.24, 2.45) is 0 Å². The van der Waals surface area contributed by atoms with Gasteiger partial charge in [-0.15, -0.1) is 0 Å². The third-order valence-electron chi connectivity index (χ3n) is 3.46. The molecule has 0 aliphatic carbocycles. The standard InChI is InChI=1S/C16H14ClF2N3/c1-10-9-22(16(18)19)15-12(7-13(17)21-14(10)15)20-8-11-5-3-2-4-6-11/h2-7,9,16H,8H2,1H3,(H,20,21). The molecule has 0 spiro atoms. The normalized spacial score (nSPS) is 11.3. The number of benzene rings is 1. The van der Waals surface area contributed by atoms with Gasteiger partial charge >= 0.3 is 6.55 Å². The number of nitrogens with one attached hydrogen (secondary N) is 1. The number of halogens is 3. The van der Waals surface area contributed by atoms with Gasteiger partial charge in [0.25, 0.3) is 0 Å². The van der Waals surface area contributed by atoms with Crippen molar-refractivity contribution in [3.05, 3.63) is 58.9 Å². The summed E-state index contributed by atoms with van der Waals surface area (Å²) < 4.78 is 27.4. The Hall–Kier alpha value is -2.14. The Morgan fingerprint density at radius 1 is 1.27 bits per heavy atom. The van der Waals surface area contributed by atoms with Crippen LogP contribution >= 0.6 is 11.6 Å². The Morgan fingerprint density at radius 3 is 2.68 bits per heavy atom. The van der Waals surface area contributed by atoms with Crippen LogP contribution in [0.25, 0.3) is 11.0 Å². The summed E-state index contributed by atoms with van der Waals surface area (Å²) >= 11 is 6.02. The number of anilines is 1. The highest BCUT2D eigenvalue weighted by atomic mass is 35.5. The molecule has 0 atom stereocenters. The van der Waals surface area contributed by atoms with Crippen LogP contribution in [-0.2, 0) is 6.54 Å². The van der Waals surface area contributed by atoms with E-state index in [1.54, 1.807) is 13.0 Å². The molecule has 114 valence electrons. The molecule has 0 aliphatic heterocycles. The van der Waals surface area contributed by atoms with Crippen molar-refractivity contribution >= 4 is 28.3 Å². The van der Waals surface area contributed by atoms with Gasteiger partial charge in [-0.1, -0.05) is 41.9 Å². The highest BCUT2D eigenvalue weighted by molar-refractivity contribution is 6.30. The summed E-state index contributed by atoms with van der Waals surface area (Å²) in [6, 6.07) is 11.3. The van der Waals surface area contributed by atoms with Crippen molar-refractivity contribution in [2.75, 3.05) is 5.32 Å². The van der Waals surface area contributed by atoms with E-state index < -0.39 is 6.55 Å². The molecule has 6 heteroatoms. The summed E-state index contributed by atoms with van der Waals surface area (Å²) in [5.41, 5.74) is 3.12. The number of hydrogen-bond acceptors (Lipinski definition) is 2. The summed E-state index contributed by atoms with van der Waals surface area (Å²) in [6.45, 7) is -0.369. The van der Waals surface area contributed by atoms with Crippen LogP contribution in [0.3, 0.4) is 0 Å². The van der Waals surface area contributed by atoms with Crippen LogP contribution in [0, 0.1) is 6.92 Å². The van der Waals surface area contributed by atoms with Gasteiger partial charge in [0.05, 0.1) is 16.7 Å². The largest absolute Gasteiger partial charge is 0.379 e. The predicted molar refractivity (Wildman–Crippen MR) is 84.5 cm³/mol. The van der Waals surface area contributed by atoms with Gasteiger partial charge in [-0.05, 0) is 18.1 Å². The molecular weight excluding hydrogens is 308 g/mol. The van der Waals surface area contributed by atoms with Crippen molar-refractivity contribution in [3.8, 4) is 0 Å².